The minimum Gasteiger partial charge on any atom is -0.494 e. The summed E-state index contributed by atoms with van der Waals surface area (Å²) >= 11 is 2.80. The van der Waals surface area contributed by atoms with E-state index < -0.39 is 12.0 Å². The van der Waals surface area contributed by atoms with Crippen molar-refractivity contribution in [2.24, 2.45) is 4.99 Å². The summed E-state index contributed by atoms with van der Waals surface area (Å²) in [5, 5.41) is 1.93. The SMILES string of the molecule is CCCCOc1ccc(/C=c2/sc3n(c2=O)C(c2cccs2)C(C(=O)OCCOC)=C(C)N=3)cc1. The fraction of sp³-hybridized carbons (Fsp3) is 0.346. The molecule has 0 saturated heterocycles. The maximum Gasteiger partial charge on any atom is 0.338 e. The molecule has 184 valence electrons. The molecule has 0 spiro atoms. The van der Waals surface area contributed by atoms with Gasteiger partial charge in [-0.25, -0.2) is 9.79 Å². The molecule has 0 saturated carbocycles. The van der Waals surface area contributed by atoms with Crippen molar-refractivity contribution in [1.29, 1.82) is 0 Å². The summed E-state index contributed by atoms with van der Waals surface area (Å²) in [6.45, 7) is 5.02. The Bertz CT molecular complexity index is 1370. The molecule has 1 atom stereocenters. The van der Waals surface area contributed by atoms with E-state index in [1.807, 2.05) is 47.9 Å². The Labute approximate surface area is 211 Å². The predicted octanol–water partition coefficient (Wildman–Crippen LogP) is 3.67. The van der Waals surface area contributed by atoms with E-state index in [1.165, 1.54) is 22.7 Å². The number of unbranched alkanes of at least 4 members (excludes halogenated alkanes) is 1. The van der Waals surface area contributed by atoms with Crippen LogP contribution in [0.4, 0.5) is 0 Å². The first-order valence-corrected chi connectivity index (χ1v) is 13.2. The van der Waals surface area contributed by atoms with Crippen molar-refractivity contribution in [3.63, 3.8) is 0 Å². The van der Waals surface area contributed by atoms with Gasteiger partial charge in [0.05, 0.1) is 29.0 Å². The summed E-state index contributed by atoms with van der Waals surface area (Å²) in [4.78, 5) is 32.6. The number of benzene rings is 1. The summed E-state index contributed by atoms with van der Waals surface area (Å²) in [7, 11) is 1.55. The third-order valence-electron chi connectivity index (χ3n) is 5.52. The van der Waals surface area contributed by atoms with Crippen LogP contribution in [-0.2, 0) is 14.3 Å². The van der Waals surface area contributed by atoms with Gasteiger partial charge >= 0.3 is 5.97 Å². The monoisotopic (exact) mass is 512 g/mol. The molecule has 3 aromatic rings. The van der Waals surface area contributed by atoms with Crippen molar-refractivity contribution >= 4 is 34.7 Å². The molecule has 3 heterocycles. The Balaban J connectivity index is 1.71. The van der Waals surface area contributed by atoms with Gasteiger partial charge in [-0.1, -0.05) is 42.9 Å². The van der Waals surface area contributed by atoms with Gasteiger partial charge in [0.15, 0.2) is 4.80 Å². The van der Waals surface area contributed by atoms with Crippen LogP contribution >= 0.6 is 22.7 Å². The molecule has 0 amide bonds. The number of allylic oxidation sites excluding steroid dienone is 1. The minimum absolute atomic E-state index is 0.131. The van der Waals surface area contributed by atoms with Crippen LogP contribution in [0, 0.1) is 0 Å². The Morgan fingerprint density at radius 2 is 1.97 bits per heavy atom. The first-order valence-electron chi connectivity index (χ1n) is 11.5. The van der Waals surface area contributed by atoms with Crippen LogP contribution in [0.2, 0.25) is 0 Å². The quantitative estimate of drug-likeness (QED) is 0.306. The molecule has 1 aliphatic heterocycles. The van der Waals surface area contributed by atoms with Gasteiger partial charge in [0, 0.05) is 12.0 Å². The molecule has 9 heteroatoms. The molecular formula is C26H28N2O5S2. The fourth-order valence-electron chi connectivity index (χ4n) is 3.74. The van der Waals surface area contributed by atoms with Crippen molar-refractivity contribution < 1.29 is 19.0 Å². The van der Waals surface area contributed by atoms with Crippen molar-refractivity contribution in [3.05, 3.63) is 83.2 Å². The summed E-state index contributed by atoms with van der Waals surface area (Å²) in [5.41, 5.74) is 1.62. The van der Waals surface area contributed by atoms with Gasteiger partial charge in [0.2, 0.25) is 0 Å². The Morgan fingerprint density at radius 1 is 1.17 bits per heavy atom. The molecule has 0 N–H and O–H groups in total. The molecule has 1 aromatic carbocycles. The number of carbonyl (C=O) groups excluding carboxylic acids is 1. The van der Waals surface area contributed by atoms with E-state index in [4.69, 9.17) is 14.2 Å². The highest BCUT2D eigenvalue weighted by Crippen LogP contribution is 2.33. The van der Waals surface area contributed by atoms with Crippen LogP contribution < -0.4 is 19.6 Å². The molecule has 0 fully saturated rings. The zero-order valence-electron chi connectivity index (χ0n) is 20.0. The summed E-state index contributed by atoms with van der Waals surface area (Å²) in [5.74, 6) is 0.316. The molecule has 35 heavy (non-hydrogen) atoms. The first-order chi connectivity index (χ1) is 17.0. The number of esters is 1. The van der Waals surface area contributed by atoms with Gasteiger partial charge in [-0.2, -0.15) is 0 Å². The number of hydrogen-bond donors (Lipinski definition) is 0. The van der Waals surface area contributed by atoms with E-state index in [1.54, 1.807) is 18.6 Å². The second-order valence-electron chi connectivity index (χ2n) is 8.00. The van der Waals surface area contributed by atoms with Crippen molar-refractivity contribution in [3.8, 4) is 5.75 Å². The number of thiophene rings is 1. The van der Waals surface area contributed by atoms with Crippen LogP contribution in [0.25, 0.3) is 6.08 Å². The number of aromatic nitrogens is 1. The molecule has 0 aliphatic carbocycles. The number of nitrogens with zero attached hydrogens (tertiary/aromatic N) is 2. The van der Waals surface area contributed by atoms with E-state index in [2.05, 4.69) is 11.9 Å². The van der Waals surface area contributed by atoms with Crippen LogP contribution in [0.3, 0.4) is 0 Å². The normalized spacial score (nSPS) is 15.6. The van der Waals surface area contributed by atoms with Gasteiger partial charge in [-0.15, -0.1) is 11.3 Å². The van der Waals surface area contributed by atoms with Gasteiger partial charge in [0.25, 0.3) is 5.56 Å². The van der Waals surface area contributed by atoms with Crippen molar-refractivity contribution in [1.82, 2.24) is 4.57 Å². The molecule has 7 nitrogen and oxygen atoms in total. The maximum atomic E-state index is 13.6. The van der Waals surface area contributed by atoms with Crippen molar-refractivity contribution in [2.45, 2.75) is 32.7 Å². The van der Waals surface area contributed by atoms with Gasteiger partial charge in [-0.3, -0.25) is 9.36 Å². The largest absolute Gasteiger partial charge is 0.494 e. The molecule has 1 aliphatic rings. The average molecular weight is 513 g/mol. The lowest BCUT2D eigenvalue weighted by Gasteiger charge is -2.23. The second kappa shape index (κ2) is 11.6. The van der Waals surface area contributed by atoms with Gasteiger partial charge in [0.1, 0.15) is 18.4 Å². The van der Waals surface area contributed by atoms with E-state index in [9.17, 15) is 9.59 Å². The number of carbonyl (C=O) groups is 1. The lowest BCUT2D eigenvalue weighted by atomic mass is 10.0. The lowest BCUT2D eigenvalue weighted by Crippen LogP contribution is -2.39. The highest BCUT2D eigenvalue weighted by atomic mass is 32.1. The summed E-state index contributed by atoms with van der Waals surface area (Å²) in [6.07, 6.45) is 3.94. The molecular weight excluding hydrogens is 484 g/mol. The minimum atomic E-state index is -0.585. The lowest BCUT2D eigenvalue weighted by molar-refractivity contribution is -0.140. The zero-order valence-corrected chi connectivity index (χ0v) is 21.6. The van der Waals surface area contributed by atoms with Crippen LogP contribution in [-0.4, -0.2) is 37.5 Å². The fourth-order valence-corrected chi connectivity index (χ4v) is 5.61. The highest BCUT2D eigenvalue weighted by molar-refractivity contribution is 7.10. The predicted molar refractivity (Wildman–Crippen MR) is 138 cm³/mol. The zero-order chi connectivity index (χ0) is 24.8. The average Bonchev–Trinajstić information content (AvgIpc) is 3.48. The third kappa shape index (κ3) is 5.63. The van der Waals surface area contributed by atoms with Crippen LogP contribution in [0.5, 0.6) is 5.75 Å². The third-order valence-corrected chi connectivity index (χ3v) is 7.43. The molecule has 4 rings (SSSR count). The Kier molecular flexibility index (Phi) is 8.33. The molecule has 0 bridgehead atoms. The topological polar surface area (TPSA) is 79.1 Å². The number of methoxy groups -OCH3 is 1. The van der Waals surface area contributed by atoms with Crippen LogP contribution in [0.15, 0.2) is 62.8 Å². The summed E-state index contributed by atoms with van der Waals surface area (Å²) < 4.78 is 18.3. The second-order valence-corrected chi connectivity index (χ2v) is 9.99. The number of ether oxygens (including phenoxy) is 3. The van der Waals surface area contributed by atoms with Gasteiger partial charge in [-0.05, 0) is 48.6 Å². The Morgan fingerprint density at radius 3 is 2.66 bits per heavy atom. The van der Waals surface area contributed by atoms with E-state index in [0.29, 0.717) is 33.8 Å². The van der Waals surface area contributed by atoms with Crippen molar-refractivity contribution in [2.75, 3.05) is 26.9 Å². The molecule has 1 unspecified atom stereocenters. The van der Waals surface area contributed by atoms with Gasteiger partial charge < -0.3 is 14.2 Å². The number of rotatable bonds is 10. The van der Waals surface area contributed by atoms with E-state index in [0.717, 1.165) is 29.0 Å². The van der Waals surface area contributed by atoms with E-state index in [-0.39, 0.29) is 12.2 Å². The number of thiazole rings is 1. The summed E-state index contributed by atoms with van der Waals surface area (Å²) in [6, 6.07) is 10.9. The molecule has 0 radical (unpaired) electrons. The molecule has 2 aromatic heterocycles. The highest BCUT2D eigenvalue weighted by Gasteiger charge is 2.34. The number of fused-ring (bicyclic) bond motifs is 1. The first kappa shape index (κ1) is 25.1. The standard InChI is InChI=1S/C26H28N2O5S2/c1-4-5-12-32-19-10-8-18(9-11-19)16-21-24(29)28-23(20-7-6-15-34-20)22(17(2)27-26(28)35-21)25(30)33-14-13-31-3/h6-11,15-16,23H,4-5,12-14H2,1-3H3/b21-16+. The smallest absolute Gasteiger partial charge is 0.338 e. The number of hydrogen-bond acceptors (Lipinski definition) is 8. The maximum absolute atomic E-state index is 13.6. The van der Waals surface area contributed by atoms with Crippen LogP contribution in [0.1, 0.15) is 43.2 Å². The Hall–Kier alpha value is -3.01. The van der Waals surface area contributed by atoms with E-state index >= 15 is 0 Å².